The second-order valence-electron chi connectivity index (χ2n) is 4.73. The molecule has 0 atom stereocenters. The molecular weight excluding hydrogens is 283 g/mol. The summed E-state index contributed by atoms with van der Waals surface area (Å²) in [5.74, 6) is 1.03. The van der Waals surface area contributed by atoms with Gasteiger partial charge in [-0.1, -0.05) is 23.7 Å². The Morgan fingerprint density at radius 2 is 1.63 bits per heavy atom. The van der Waals surface area contributed by atoms with Crippen molar-refractivity contribution in [2.45, 2.75) is 26.3 Å². The van der Waals surface area contributed by atoms with Crippen LogP contribution >= 0.6 is 23.2 Å². The fourth-order valence-electron chi connectivity index (χ4n) is 1.72. The summed E-state index contributed by atoms with van der Waals surface area (Å²) in [6, 6.07) is 7.63. The number of hydrogen-bond donors (Lipinski definition) is 1. The van der Waals surface area contributed by atoms with Crippen LogP contribution < -0.4 is 5.32 Å². The van der Waals surface area contributed by atoms with Crippen LogP contribution in [0.15, 0.2) is 24.3 Å². The van der Waals surface area contributed by atoms with E-state index in [1.807, 2.05) is 38.1 Å². The van der Waals surface area contributed by atoms with Crippen LogP contribution in [0.5, 0.6) is 0 Å². The van der Waals surface area contributed by atoms with Crippen molar-refractivity contribution in [1.29, 1.82) is 0 Å². The van der Waals surface area contributed by atoms with Crippen molar-refractivity contribution in [1.82, 2.24) is 15.0 Å². The van der Waals surface area contributed by atoms with E-state index in [9.17, 15) is 0 Å². The van der Waals surface area contributed by atoms with Gasteiger partial charge in [-0.05, 0) is 50.1 Å². The molecular formula is C13H14Cl2N4. The Bertz CT molecular complexity index is 561. The molecule has 0 aliphatic carbocycles. The van der Waals surface area contributed by atoms with Crippen LogP contribution in [-0.2, 0) is 5.54 Å². The standard InChI is InChI=1S/C13H14Cl2N4/c1-8-16-11(15)18-12(17-8)19-13(2,3)9-4-6-10(14)7-5-9/h4-7H,1-3H3,(H,16,17,18,19). The smallest absolute Gasteiger partial charge is 0.227 e. The molecule has 2 rings (SSSR count). The number of aryl methyl sites for hydroxylation is 1. The van der Waals surface area contributed by atoms with Gasteiger partial charge in [0.15, 0.2) is 0 Å². The van der Waals surface area contributed by atoms with Gasteiger partial charge in [-0.2, -0.15) is 9.97 Å². The van der Waals surface area contributed by atoms with Crippen molar-refractivity contribution in [2.75, 3.05) is 5.32 Å². The molecule has 100 valence electrons. The molecule has 0 aliphatic heterocycles. The molecule has 2 aromatic rings. The van der Waals surface area contributed by atoms with Gasteiger partial charge in [0.25, 0.3) is 0 Å². The summed E-state index contributed by atoms with van der Waals surface area (Å²) >= 11 is 11.7. The lowest BCUT2D eigenvalue weighted by Gasteiger charge is -2.27. The highest BCUT2D eigenvalue weighted by atomic mass is 35.5. The lowest BCUT2D eigenvalue weighted by Crippen LogP contribution is -2.29. The Morgan fingerprint density at radius 3 is 2.21 bits per heavy atom. The summed E-state index contributed by atoms with van der Waals surface area (Å²) < 4.78 is 0. The zero-order chi connectivity index (χ0) is 14.0. The van der Waals surface area contributed by atoms with E-state index in [-0.39, 0.29) is 10.8 Å². The maximum Gasteiger partial charge on any atom is 0.227 e. The summed E-state index contributed by atoms with van der Waals surface area (Å²) in [6.07, 6.45) is 0. The van der Waals surface area contributed by atoms with Gasteiger partial charge in [-0.25, -0.2) is 4.98 Å². The Kier molecular flexibility index (Phi) is 3.92. The van der Waals surface area contributed by atoms with Crippen LogP contribution in [0.3, 0.4) is 0 Å². The largest absolute Gasteiger partial charge is 0.345 e. The third kappa shape index (κ3) is 3.55. The number of nitrogens with one attached hydrogen (secondary N) is 1. The third-order valence-corrected chi connectivity index (χ3v) is 3.13. The maximum absolute atomic E-state index is 5.89. The Balaban J connectivity index is 2.27. The molecule has 0 bridgehead atoms. The normalized spacial score (nSPS) is 11.4. The van der Waals surface area contributed by atoms with E-state index in [1.54, 1.807) is 6.92 Å². The monoisotopic (exact) mass is 296 g/mol. The van der Waals surface area contributed by atoms with Crippen LogP contribution in [-0.4, -0.2) is 15.0 Å². The molecule has 1 aromatic heterocycles. The molecule has 4 nitrogen and oxygen atoms in total. The zero-order valence-corrected chi connectivity index (χ0v) is 12.4. The first-order valence-electron chi connectivity index (χ1n) is 5.79. The number of rotatable bonds is 3. The molecule has 1 heterocycles. The first-order chi connectivity index (χ1) is 8.87. The number of nitrogens with zero attached hydrogens (tertiary/aromatic N) is 3. The average molecular weight is 297 g/mol. The van der Waals surface area contributed by atoms with Gasteiger partial charge in [0.2, 0.25) is 11.2 Å². The topological polar surface area (TPSA) is 50.7 Å². The number of hydrogen-bond acceptors (Lipinski definition) is 4. The van der Waals surface area contributed by atoms with E-state index >= 15 is 0 Å². The lowest BCUT2D eigenvalue weighted by molar-refractivity contribution is 0.600. The average Bonchev–Trinajstić information content (AvgIpc) is 2.27. The summed E-state index contributed by atoms with van der Waals surface area (Å²) in [6.45, 7) is 5.83. The number of anilines is 1. The van der Waals surface area contributed by atoms with Crippen LogP contribution in [0.25, 0.3) is 0 Å². The number of aromatic nitrogens is 3. The molecule has 0 saturated carbocycles. The summed E-state index contributed by atoms with van der Waals surface area (Å²) in [4.78, 5) is 12.2. The van der Waals surface area contributed by atoms with Crippen molar-refractivity contribution in [3.05, 3.63) is 46.0 Å². The fraction of sp³-hybridized carbons (Fsp3) is 0.308. The lowest BCUT2D eigenvalue weighted by atomic mass is 9.94. The molecule has 6 heteroatoms. The SMILES string of the molecule is Cc1nc(Cl)nc(NC(C)(C)c2ccc(Cl)cc2)n1. The molecule has 0 aliphatic rings. The summed E-state index contributed by atoms with van der Waals surface area (Å²) in [7, 11) is 0. The second kappa shape index (κ2) is 5.31. The van der Waals surface area contributed by atoms with Crippen LogP contribution in [0.2, 0.25) is 10.3 Å². The van der Waals surface area contributed by atoms with Gasteiger partial charge < -0.3 is 5.32 Å². The van der Waals surface area contributed by atoms with Gasteiger partial charge in [-0.15, -0.1) is 0 Å². The van der Waals surface area contributed by atoms with E-state index in [1.165, 1.54) is 0 Å². The van der Waals surface area contributed by atoms with Crippen molar-refractivity contribution < 1.29 is 0 Å². The molecule has 1 N–H and O–H groups in total. The van der Waals surface area contributed by atoms with E-state index in [4.69, 9.17) is 23.2 Å². The second-order valence-corrected chi connectivity index (χ2v) is 5.51. The molecule has 0 saturated heterocycles. The Hall–Kier alpha value is -1.39. The predicted molar refractivity (Wildman–Crippen MR) is 77.7 cm³/mol. The van der Waals surface area contributed by atoms with E-state index in [2.05, 4.69) is 20.3 Å². The summed E-state index contributed by atoms with van der Waals surface area (Å²) in [5.41, 5.74) is 0.730. The van der Waals surface area contributed by atoms with Crippen molar-refractivity contribution in [3.63, 3.8) is 0 Å². The van der Waals surface area contributed by atoms with Gasteiger partial charge in [-0.3, -0.25) is 0 Å². The first-order valence-corrected chi connectivity index (χ1v) is 6.55. The first kappa shape index (κ1) is 14.0. The minimum atomic E-state index is -0.346. The zero-order valence-electron chi connectivity index (χ0n) is 10.9. The highest BCUT2D eigenvalue weighted by Crippen LogP contribution is 2.25. The third-order valence-electron chi connectivity index (χ3n) is 2.71. The highest BCUT2D eigenvalue weighted by Gasteiger charge is 2.21. The van der Waals surface area contributed by atoms with E-state index < -0.39 is 0 Å². The van der Waals surface area contributed by atoms with Crippen LogP contribution in [0.1, 0.15) is 25.2 Å². The highest BCUT2D eigenvalue weighted by molar-refractivity contribution is 6.30. The van der Waals surface area contributed by atoms with Crippen molar-refractivity contribution >= 4 is 29.2 Å². The molecule has 1 aromatic carbocycles. The van der Waals surface area contributed by atoms with E-state index in [0.717, 1.165) is 5.56 Å². The molecule has 0 fully saturated rings. The molecule has 0 unspecified atom stereocenters. The summed E-state index contributed by atoms with van der Waals surface area (Å²) in [5, 5.41) is 4.14. The van der Waals surface area contributed by atoms with E-state index in [0.29, 0.717) is 16.8 Å². The van der Waals surface area contributed by atoms with Crippen LogP contribution in [0.4, 0.5) is 5.95 Å². The van der Waals surface area contributed by atoms with Crippen LogP contribution in [0, 0.1) is 6.92 Å². The number of benzene rings is 1. The quantitative estimate of drug-likeness (QED) is 0.935. The minimum Gasteiger partial charge on any atom is -0.345 e. The molecule has 0 spiro atoms. The maximum atomic E-state index is 5.89. The van der Waals surface area contributed by atoms with Gasteiger partial charge in [0.1, 0.15) is 5.82 Å². The molecule has 19 heavy (non-hydrogen) atoms. The van der Waals surface area contributed by atoms with Gasteiger partial charge in [0, 0.05) is 5.02 Å². The van der Waals surface area contributed by atoms with Gasteiger partial charge >= 0.3 is 0 Å². The Morgan fingerprint density at radius 1 is 1.00 bits per heavy atom. The number of halogens is 2. The fourth-order valence-corrected chi connectivity index (χ4v) is 2.05. The van der Waals surface area contributed by atoms with Crippen molar-refractivity contribution in [2.24, 2.45) is 0 Å². The minimum absolute atomic E-state index is 0.182. The Labute approximate surface area is 122 Å². The molecule has 0 radical (unpaired) electrons. The van der Waals surface area contributed by atoms with Gasteiger partial charge in [0.05, 0.1) is 5.54 Å². The molecule has 0 amide bonds. The van der Waals surface area contributed by atoms with Crippen molar-refractivity contribution in [3.8, 4) is 0 Å². The predicted octanol–water partition coefficient (Wildman–Crippen LogP) is 3.83.